The summed E-state index contributed by atoms with van der Waals surface area (Å²) in [7, 11) is 0. The van der Waals surface area contributed by atoms with Gasteiger partial charge in [0.1, 0.15) is 5.75 Å². The van der Waals surface area contributed by atoms with Crippen LogP contribution < -0.4 is 9.64 Å². The van der Waals surface area contributed by atoms with Crippen molar-refractivity contribution >= 4 is 11.6 Å². The van der Waals surface area contributed by atoms with Crippen molar-refractivity contribution in [1.82, 2.24) is 0 Å². The van der Waals surface area contributed by atoms with Gasteiger partial charge >= 0.3 is 6.61 Å². The second-order valence-electron chi connectivity index (χ2n) is 4.45. The SMILES string of the molecule is C=CCN(C(=O)c1cccc(OC(F)F)c1)c1ccccc1. The molecule has 2 rings (SSSR count). The number of halogens is 2. The van der Waals surface area contributed by atoms with E-state index in [9.17, 15) is 13.6 Å². The van der Waals surface area contributed by atoms with Crippen molar-refractivity contribution in [1.29, 1.82) is 0 Å². The van der Waals surface area contributed by atoms with Gasteiger partial charge in [-0.25, -0.2) is 0 Å². The Kier molecular flexibility index (Phi) is 5.25. The third-order valence-electron chi connectivity index (χ3n) is 2.93. The molecular weight excluding hydrogens is 288 g/mol. The number of ether oxygens (including phenoxy) is 1. The molecule has 0 aliphatic heterocycles. The molecule has 2 aromatic rings. The van der Waals surface area contributed by atoms with Crippen molar-refractivity contribution in [3.05, 3.63) is 72.8 Å². The second kappa shape index (κ2) is 7.36. The van der Waals surface area contributed by atoms with Crippen LogP contribution in [0.1, 0.15) is 10.4 Å². The van der Waals surface area contributed by atoms with Crippen molar-refractivity contribution in [2.75, 3.05) is 11.4 Å². The molecule has 0 bridgehead atoms. The lowest BCUT2D eigenvalue weighted by atomic mass is 10.1. The highest BCUT2D eigenvalue weighted by atomic mass is 19.3. The average molecular weight is 303 g/mol. The molecule has 0 saturated heterocycles. The highest BCUT2D eigenvalue weighted by Crippen LogP contribution is 2.20. The molecule has 0 fully saturated rings. The van der Waals surface area contributed by atoms with E-state index in [4.69, 9.17) is 0 Å². The maximum atomic E-state index is 12.6. The fraction of sp³-hybridized carbons (Fsp3) is 0.118. The second-order valence-corrected chi connectivity index (χ2v) is 4.45. The molecule has 0 aromatic heterocycles. The highest BCUT2D eigenvalue weighted by molar-refractivity contribution is 6.06. The molecule has 0 heterocycles. The van der Waals surface area contributed by atoms with E-state index in [1.807, 2.05) is 18.2 Å². The predicted molar refractivity (Wildman–Crippen MR) is 81.4 cm³/mol. The number of anilines is 1. The van der Waals surface area contributed by atoms with E-state index in [0.717, 1.165) is 0 Å². The number of carbonyl (C=O) groups excluding carboxylic acids is 1. The molecule has 0 atom stereocenters. The number of amides is 1. The van der Waals surface area contributed by atoms with Crippen LogP contribution in [0.3, 0.4) is 0 Å². The van der Waals surface area contributed by atoms with Gasteiger partial charge in [0.25, 0.3) is 5.91 Å². The number of para-hydroxylation sites is 1. The monoisotopic (exact) mass is 303 g/mol. The maximum absolute atomic E-state index is 12.6. The number of hydrogen-bond acceptors (Lipinski definition) is 2. The molecule has 22 heavy (non-hydrogen) atoms. The first-order valence-corrected chi connectivity index (χ1v) is 6.64. The van der Waals surface area contributed by atoms with E-state index in [1.54, 1.807) is 24.3 Å². The molecule has 3 nitrogen and oxygen atoms in total. The lowest BCUT2D eigenvalue weighted by Crippen LogP contribution is -2.31. The zero-order valence-electron chi connectivity index (χ0n) is 11.8. The van der Waals surface area contributed by atoms with Gasteiger partial charge in [-0.2, -0.15) is 8.78 Å². The minimum Gasteiger partial charge on any atom is -0.435 e. The van der Waals surface area contributed by atoms with Crippen molar-refractivity contribution in [3.63, 3.8) is 0 Å². The number of rotatable bonds is 6. The normalized spacial score (nSPS) is 10.3. The third-order valence-corrected chi connectivity index (χ3v) is 2.93. The van der Waals surface area contributed by atoms with Gasteiger partial charge in [0.2, 0.25) is 0 Å². The van der Waals surface area contributed by atoms with Crippen molar-refractivity contribution in [2.24, 2.45) is 0 Å². The van der Waals surface area contributed by atoms with Gasteiger partial charge in [0.05, 0.1) is 0 Å². The van der Waals surface area contributed by atoms with Crippen LogP contribution in [0.25, 0.3) is 0 Å². The van der Waals surface area contributed by atoms with Crippen LogP contribution in [0.4, 0.5) is 14.5 Å². The number of benzene rings is 2. The van der Waals surface area contributed by atoms with Crippen LogP contribution in [0.15, 0.2) is 67.3 Å². The van der Waals surface area contributed by atoms with Crippen molar-refractivity contribution < 1.29 is 18.3 Å². The highest BCUT2D eigenvalue weighted by Gasteiger charge is 2.17. The average Bonchev–Trinajstić information content (AvgIpc) is 2.52. The van der Waals surface area contributed by atoms with E-state index in [-0.39, 0.29) is 17.2 Å². The number of alkyl halides is 2. The third kappa shape index (κ3) is 3.91. The van der Waals surface area contributed by atoms with Crippen LogP contribution in [-0.2, 0) is 0 Å². The van der Waals surface area contributed by atoms with Crippen LogP contribution >= 0.6 is 0 Å². The molecule has 0 aliphatic rings. The molecule has 5 heteroatoms. The summed E-state index contributed by atoms with van der Waals surface area (Å²) in [6.07, 6.45) is 1.60. The lowest BCUT2D eigenvalue weighted by Gasteiger charge is -2.21. The Hall–Kier alpha value is -2.69. The molecule has 0 saturated carbocycles. The molecule has 0 spiro atoms. The smallest absolute Gasteiger partial charge is 0.387 e. The largest absolute Gasteiger partial charge is 0.435 e. The van der Waals surface area contributed by atoms with Crippen molar-refractivity contribution in [2.45, 2.75) is 6.61 Å². The molecule has 114 valence electrons. The molecule has 0 radical (unpaired) electrons. The Bertz CT molecular complexity index is 644. The Morgan fingerprint density at radius 3 is 2.55 bits per heavy atom. The van der Waals surface area contributed by atoms with E-state index in [2.05, 4.69) is 11.3 Å². The van der Waals surface area contributed by atoms with E-state index < -0.39 is 6.61 Å². The molecular formula is C17H15F2NO2. The zero-order chi connectivity index (χ0) is 15.9. The van der Waals surface area contributed by atoms with E-state index >= 15 is 0 Å². The molecule has 0 aliphatic carbocycles. The van der Waals surface area contributed by atoms with Gasteiger partial charge in [0.15, 0.2) is 0 Å². The topological polar surface area (TPSA) is 29.5 Å². The summed E-state index contributed by atoms with van der Waals surface area (Å²) in [6, 6.07) is 14.8. The Labute approximate surface area is 127 Å². The first kappa shape index (κ1) is 15.7. The predicted octanol–water partition coefficient (Wildman–Crippen LogP) is 4.12. The van der Waals surface area contributed by atoms with Gasteiger partial charge in [0, 0.05) is 17.8 Å². The van der Waals surface area contributed by atoms with Crippen molar-refractivity contribution in [3.8, 4) is 5.75 Å². The summed E-state index contributed by atoms with van der Waals surface area (Å²) in [5.74, 6) is -0.363. The van der Waals surface area contributed by atoms with Crippen LogP contribution in [0.2, 0.25) is 0 Å². The van der Waals surface area contributed by atoms with E-state index in [1.165, 1.54) is 23.1 Å². The van der Waals surface area contributed by atoms with Gasteiger partial charge in [-0.1, -0.05) is 30.3 Å². The fourth-order valence-electron chi connectivity index (χ4n) is 2.00. The number of carbonyl (C=O) groups is 1. The minimum atomic E-state index is -2.93. The maximum Gasteiger partial charge on any atom is 0.387 e. The quantitative estimate of drug-likeness (QED) is 0.751. The molecule has 1 amide bonds. The molecule has 0 N–H and O–H groups in total. The van der Waals surface area contributed by atoms with Crippen LogP contribution in [0.5, 0.6) is 5.75 Å². The Morgan fingerprint density at radius 1 is 1.18 bits per heavy atom. The summed E-state index contributed by atoms with van der Waals surface area (Å²) >= 11 is 0. The summed E-state index contributed by atoms with van der Waals surface area (Å²) in [6.45, 7) is 1.02. The Morgan fingerprint density at radius 2 is 1.91 bits per heavy atom. The van der Waals surface area contributed by atoms with Gasteiger partial charge in [-0.05, 0) is 30.3 Å². The number of hydrogen-bond donors (Lipinski definition) is 0. The van der Waals surface area contributed by atoms with Crippen LogP contribution in [-0.4, -0.2) is 19.1 Å². The first-order valence-electron chi connectivity index (χ1n) is 6.64. The minimum absolute atomic E-state index is 0.0486. The number of nitrogens with zero attached hydrogens (tertiary/aromatic N) is 1. The summed E-state index contributed by atoms with van der Waals surface area (Å²) in [5, 5.41) is 0. The summed E-state index contributed by atoms with van der Waals surface area (Å²) in [5.41, 5.74) is 0.969. The first-order chi connectivity index (χ1) is 10.6. The summed E-state index contributed by atoms with van der Waals surface area (Å²) in [4.78, 5) is 14.1. The standard InChI is InChI=1S/C17H15F2NO2/c1-2-11-20(14-8-4-3-5-9-14)16(21)13-7-6-10-15(12-13)22-17(18)19/h2-10,12,17H,1,11H2. The molecule has 0 unspecified atom stereocenters. The molecule has 2 aromatic carbocycles. The van der Waals surface area contributed by atoms with Gasteiger partial charge in [-0.15, -0.1) is 6.58 Å². The van der Waals surface area contributed by atoms with Gasteiger partial charge in [-0.3, -0.25) is 4.79 Å². The van der Waals surface area contributed by atoms with E-state index in [0.29, 0.717) is 12.2 Å². The summed E-state index contributed by atoms with van der Waals surface area (Å²) < 4.78 is 28.9. The zero-order valence-corrected chi connectivity index (χ0v) is 11.8. The fourth-order valence-corrected chi connectivity index (χ4v) is 2.00. The Balaban J connectivity index is 2.29. The van der Waals surface area contributed by atoms with Gasteiger partial charge < -0.3 is 9.64 Å². The van der Waals surface area contributed by atoms with Crippen LogP contribution in [0, 0.1) is 0 Å². The lowest BCUT2D eigenvalue weighted by molar-refractivity contribution is -0.0498.